The van der Waals surface area contributed by atoms with Crippen LogP contribution in [0.1, 0.15) is 41.3 Å². The molecule has 2 aromatic carbocycles. The maximum Gasteiger partial charge on any atom is 0.254 e. The van der Waals surface area contributed by atoms with Crippen molar-refractivity contribution in [3.8, 4) is 11.5 Å². The van der Waals surface area contributed by atoms with Gasteiger partial charge >= 0.3 is 0 Å². The van der Waals surface area contributed by atoms with E-state index in [1.807, 2.05) is 31.2 Å². The summed E-state index contributed by atoms with van der Waals surface area (Å²) < 4.78 is 15.9. The maximum absolute atomic E-state index is 12.9. The highest BCUT2D eigenvalue weighted by Crippen LogP contribution is 2.25. The van der Waals surface area contributed by atoms with E-state index in [9.17, 15) is 9.59 Å². The molecule has 7 nitrogen and oxygen atoms in total. The number of carbonyl (C=O) groups excluding carboxylic acids is 2. The molecule has 1 N–H and O–H groups in total. The topological polar surface area (TPSA) is 77.1 Å². The minimum atomic E-state index is -0.0869. The van der Waals surface area contributed by atoms with Gasteiger partial charge in [0.2, 0.25) is 5.91 Å². The Morgan fingerprint density at radius 1 is 0.969 bits per heavy atom. The first-order valence-electron chi connectivity index (χ1n) is 11.0. The van der Waals surface area contributed by atoms with Crippen molar-refractivity contribution in [3.63, 3.8) is 0 Å². The van der Waals surface area contributed by atoms with Crippen molar-refractivity contribution in [2.75, 3.05) is 33.9 Å². The molecule has 2 amide bonds. The number of likely N-dealkylation sites (tertiary alicyclic amines) is 1. The molecule has 1 saturated heterocycles. The van der Waals surface area contributed by atoms with Crippen molar-refractivity contribution in [2.45, 2.75) is 32.9 Å². The Labute approximate surface area is 189 Å². The second-order valence-corrected chi connectivity index (χ2v) is 7.84. The lowest BCUT2D eigenvalue weighted by Gasteiger charge is -2.31. The van der Waals surface area contributed by atoms with Crippen LogP contribution in [-0.2, 0) is 22.7 Å². The lowest BCUT2D eigenvalue weighted by molar-refractivity contribution is -0.126. The summed E-state index contributed by atoms with van der Waals surface area (Å²) in [5.41, 5.74) is 2.70. The van der Waals surface area contributed by atoms with E-state index in [2.05, 4.69) is 5.32 Å². The van der Waals surface area contributed by atoms with Gasteiger partial charge in [-0.2, -0.15) is 0 Å². The quantitative estimate of drug-likeness (QED) is 0.647. The van der Waals surface area contributed by atoms with Gasteiger partial charge in [-0.3, -0.25) is 9.59 Å². The van der Waals surface area contributed by atoms with E-state index in [0.29, 0.717) is 62.8 Å². The van der Waals surface area contributed by atoms with Crippen molar-refractivity contribution < 1.29 is 23.8 Å². The van der Waals surface area contributed by atoms with Crippen LogP contribution < -0.4 is 14.8 Å². The average molecular weight is 441 g/mol. The summed E-state index contributed by atoms with van der Waals surface area (Å²) in [7, 11) is 3.12. The number of rotatable bonds is 9. The highest BCUT2D eigenvalue weighted by atomic mass is 16.5. The van der Waals surface area contributed by atoms with Gasteiger partial charge in [-0.1, -0.05) is 24.3 Å². The van der Waals surface area contributed by atoms with Crippen LogP contribution in [0, 0.1) is 5.92 Å². The summed E-state index contributed by atoms with van der Waals surface area (Å²) in [6.07, 6.45) is 1.29. The standard InChI is InChI=1S/C25H32N2O5/c1-4-32-17-19-7-5-18(6-8-19)16-26-24(28)20-9-11-27(12-10-20)25(29)21-13-22(30-2)15-23(14-21)31-3/h5-8,13-15,20H,4,9-12,16-17H2,1-3H3,(H,26,28). The molecule has 2 aromatic rings. The van der Waals surface area contributed by atoms with Crippen molar-refractivity contribution >= 4 is 11.8 Å². The van der Waals surface area contributed by atoms with Crippen LogP contribution in [0.5, 0.6) is 11.5 Å². The Bertz CT molecular complexity index is 883. The molecule has 0 radical (unpaired) electrons. The van der Waals surface area contributed by atoms with Crippen molar-refractivity contribution in [1.29, 1.82) is 0 Å². The van der Waals surface area contributed by atoms with E-state index in [1.54, 1.807) is 37.3 Å². The molecule has 3 rings (SSSR count). The first-order chi connectivity index (χ1) is 15.5. The van der Waals surface area contributed by atoms with Crippen LogP contribution in [0.25, 0.3) is 0 Å². The molecule has 1 aliphatic heterocycles. The third-order valence-electron chi connectivity index (χ3n) is 5.71. The van der Waals surface area contributed by atoms with Gasteiger partial charge in [0.05, 0.1) is 20.8 Å². The molecule has 32 heavy (non-hydrogen) atoms. The third-order valence-corrected chi connectivity index (χ3v) is 5.71. The van der Waals surface area contributed by atoms with Crippen LogP contribution >= 0.6 is 0 Å². The van der Waals surface area contributed by atoms with E-state index in [1.165, 1.54) is 0 Å². The largest absolute Gasteiger partial charge is 0.497 e. The smallest absolute Gasteiger partial charge is 0.254 e. The number of benzene rings is 2. The summed E-state index contributed by atoms with van der Waals surface area (Å²) >= 11 is 0. The number of ether oxygens (including phenoxy) is 3. The summed E-state index contributed by atoms with van der Waals surface area (Å²) in [4.78, 5) is 27.3. The van der Waals surface area contributed by atoms with Crippen LogP contribution in [-0.4, -0.2) is 50.6 Å². The Morgan fingerprint density at radius 2 is 1.56 bits per heavy atom. The monoisotopic (exact) mass is 440 g/mol. The van der Waals surface area contributed by atoms with E-state index < -0.39 is 0 Å². The Balaban J connectivity index is 1.48. The normalized spacial score (nSPS) is 14.2. The Hall–Kier alpha value is -3.06. The Morgan fingerprint density at radius 3 is 2.12 bits per heavy atom. The van der Waals surface area contributed by atoms with Crippen LogP contribution in [0.4, 0.5) is 0 Å². The predicted molar refractivity (Wildman–Crippen MR) is 122 cm³/mol. The summed E-state index contributed by atoms with van der Waals surface area (Å²) in [6, 6.07) is 13.2. The highest BCUT2D eigenvalue weighted by molar-refractivity contribution is 5.95. The maximum atomic E-state index is 12.9. The van der Waals surface area contributed by atoms with Crippen LogP contribution in [0.2, 0.25) is 0 Å². The molecule has 0 bridgehead atoms. The summed E-state index contributed by atoms with van der Waals surface area (Å²) in [6.45, 7) is 4.85. The molecule has 0 aromatic heterocycles. The third kappa shape index (κ3) is 6.23. The summed E-state index contributed by atoms with van der Waals surface area (Å²) in [5.74, 6) is 1.03. The zero-order chi connectivity index (χ0) is 22.9. The fraction of sp³-hybridized carbons (Fsp3) is 0.440. The zero-order valence-corrected chi connectivity index (χ0v) is 19.1. The molecule has 0 spiro atoms. The molecule has 1 fully saturated rings. The number of nitrogens with one attached hydrogen (secondary N) is 1. The fourth-order valence-electron chi connectivity index (χ4n) is 3.77. The number of hydrogen-bond donors (Lipinski definition) is 1. The molecule has 1 heterocycles. The van der Waals surface area contributed by atoms with Gasteiger partial charge < -0.3 is 24.4 Å². The van der Waals surface area contributed by atoms with E-state index in [4.69, 9.17) is 14.2 Å². The summed E-state index contributed by atoms with van der Waals surface area (Å²) in [5, 5.41) is 3.03. The lowest BCUT2D eigenvalue weighted by atomic mass is 9.95. The molecular weight excluding hydrogens is 408 g/mol. The lowest BCUT2D eigenvalue weighted by Crippen LogP contribution is -2.42. The number of methoxy groups -OCH3 is 2. The van der Waals surface area contributed by atoms with Gasteiger partial charge in [0.15, 0.2) is 0 Å². The number of carbonyl (C=O) groups is 2. The van der Waals surface area contributed by atoms with Crippen LogP contribution in [0.3, 0.4) is 0 Å². The van der Waals surface area contributed by atoms with Gasteiger partial charge in [0, 0.05) is 43.8 Å². The first-order valence-corrected chi connectivity index (χ1v) is 11.0. The van der Waals surface area contributed by atoms with Crippen LogP contribution in [0.15, 0.2) is 42.5 Å². The van der Waals surface area contributed by atoms with Gasteiger partial charge in [-0.15, -0.1) is 0 Å². The fourth-order valence-corrected chi connectivity index (χ4v) is 3.77. The minimum Gasteiger partial charge on any atom is -0.497 e. The van der Waals surface area contributed by atoms with Crippen molar-refractivity contribution in [1.82, 2.24) is 10.2 Å². The number of hydrogen-bond acceptors (Lipinski definition) is 5. The van der Waals surface area contributed by atoms with Crippen molar-refractivity contribution in [3.05, 3.63) is 59.2 Å². The number of amides is 2. The number of nitrogens with zero attached hydrogens (tertiary/aromatic N) is 1. The molecule has 0 atom stereocenters. The average Bonchev–Trinajstić information content (AvgIpc) is 2.85. The second-order valence-electron chi connectivity index (χ2n) is 7.84. The van der Waals surface area contributed by atoms with E-state index >= 15 is 0 Å². The SMILES string of the molecule is CCOCc1ccc(CNC(=O)C2CCN(C(=O)c3cc(OC)cc(OC)c3)CC2)cc1. The van der Waals surface area contributed by atoms with Crippen molar-refractivity contribution in [2.24, 2.45) is 5.92 Å². The molecular formula is C25H32N2O5. The highest BCUT2D eigenvalue weighted by Gasteiger charge is 2.28. The zero-order valence-electron chi connectivity index (χ0n) is 19.1. The molecule has 172 valence electrons. The van der Waals surface area contributed by atoms with Gasteiger partial charge in [0.25, 0.3) is 5.91 Å². The van der Waals surface area contributed by atoms with E-state index in [0.717, 1.165) is 11.1 Å². The molecule has 0 aliphatic carbocycles. The van der Waals surface area contributed by atoms with E-state index in [-0.39, 0.29) is 17.7 Å². The van der Waals surface area contributed by atoms with Gasteiger partial charge in [0.1, 0.15) is 11.5 Å². The molecule has 0 saturated carbocycles. The number of piperidine rings is 1. The predicted octanol–water partition coefficient (Wildman–Crippen LogP) is 3.41. The molecule has 0 unspecified atom stereocenters. The molecule has 7 heteroatoms. The first kappa shape index (κ1) is 23.6. The Kier molecular flexibility index (Phi) is 8.50. The second kappa shape index (κ2) is 11.5. The molecule has 1 aliphatic rings. The van der Waals surface area contributed by atoms with Gasteiger partial charge in [-0.05, 0) is 43.0 Å². The van der Waals surface area contributed by atoms with Gasteiger partial charge in [-0.25, -0.2) is 0 Å². The minimum absolute atomic E-state index is 0.0403.